The number of benzene rings is 1. The number of carbonyl (C=O) groups excluding carboxylic acids is 1. The van der Waals surface area contributed by atoms with Gasteiger partial charge in [0.05, 0.1) is 29.0 Å². The van der Waals surface area contributed by atoms with Crippen LogP contribution in [0.4, 0.5) is 0 Å². The van der Waals surface area contributed by atoms with E-state index >= 15 is 0 Å². The van der Waals surface area contributed by atoms with Gasteiger partial charge in [-0.15, -0.1) is 0 Å². The molecule has 3 aromatic rings. The molecule has 1 aromatic carbocycles. The SMILES string of the molecule is CC[C@@]1(O)C(=O)OC(O)c2c1cc1n(c2=O)Cc2cc3c(O)c(C)ccc3nc2-1. The van der Waals surface area contributed by atoms with Crippen molar-refractivity contribution in [3.05, 3.63) is 56.9 Å². The maximum absolute atomic E-state index is 13.1. The van der Waals surface area contributed by atoms with Crippen LogP contribution in [-0.4, -0.2) is 30.8 Å². The standard InChI is InChI=1S/C21H18N2O6/c1-3-21(28)12-7-14-16-10(6-11-13(22-16)5-4-9(2)17(11)24)8-23(14)18(25)15(12)19(26)29-20(21)27/h4-7,19,24,26,28H,3,8H2,1-2H3/t19?,21-/m0/s1. The van der Waals surface area contributed by atoms with Crippen LogP contribution in [0.25, 0.3) is 22.3 Å². The van der Waals surface area contributed by atoms with E-state index in [-0.39, 0.29) is 29.8 Å². The van der Waals surface area contributed by atoms with E-state index < -0.39 is 23.4 Å². The minimum absolute atomic E-state index is 0.0143. The Morgan fingerprint density at radius 2 is 2.07 bits per heavy atom. The summed E-state index contributed by atoms with van der Waals surface area (Å²) in [5, 5.41) is 32.0. The Hall–Kier alpha value is -3.23. The molecule has 0 amide bonds. The van der Waals surface area contributed by atoms with Gasteiger partial charge >= 0.3 is 5.97 Å². The fourth-order valence-corrected chi connectivity index (χ4v) is 4.19. The number of rotatable bonds is 1. The van der Waals surface area contributed by atoms with E-state index in [4.69, 9.17) is 4.74 Å². The van der Waals surface area contributed by atoms with Crippen LogP contribution in [0.15, 0.2) is 29.1 Å². The molecule has 0 bridgehead atoms. The number of phenols is 1. The van der Waals surface area contributed by atoms with Crippen molar-refractivity contribution in [1.82, 2.24) is 9.55 Å². The monoisotopic (exact) mass is 394 g/mol. The topological polar surface area (TPSA) is 122 Å². The highest BCUT2D eigenvalue weighted by Crippen LogP contribution is 2.41. The highest BCUT2D eigenvalue weighted by Gasteiger charge is 2.48. The first-order valence-electron chi connectivity index (χ1n) is 9.28. The van der Waals surface area contributed by atoms with Crippen LogP contribution >= 0.6 is 0 Å². The highest BCUT2D eigenvalue weighted by molar-refractivity contribution is 5.90. The van der Waals surface area contributed by atoms with E-state index in [1.165, 1.54) is 10.6 Å². The van der Waals surface area contributed by atoms with Crippen LogP contribution in [0, 0.1) is 6.92 Å². The number of aliphatic hydroxyl groups excluding tert-OH is 1. The number of esters is 1. The van der Waals surface area contributed by atoms with Gasteiger partial charge in [-0.2, -0.15) is 0 Å². The summed E-state index contributed by atoms with van der Waals surface area (Å²) in [6, 6.07) is 6.86. The Bertz CT molecular complexity index is 1290. The summed E-state index contributed by atoms with van der Waals surface area (Å²) in [6.45, 7) is 3.58. The average molecular weight is 394 g/mol. The van der Waals surface area contributed by atoms with Crippen molar-refractivity contribution < 1.29 is 24.9 Å². The summed E-state index contributed by atoms with van der Waals surface area (Å²) in [4.78, 5) is 30.0. The number of phenolic OH excluding ortho intramolecular Hbond substituents is 1. The van der Waals surface area contributed by atoms with E-state index in [1.807, 2.05) is 0 Å². The van der Waals surface area contributed by atoms with Crippen LogP contribution in [0.2, 0.25) is 0 Å². The molecule has 8 heteroatoms. The van der Waals surface area contributed by atoms with Crippen molar-refractivity contribution in [2.24, 2.45) is 0 Å². The summed E-state index contributed by atoms with van der Waals surface area (Å²) >= 11 is 0. The van der Waals surface area contributed by atoms with Crippen molar-refractivity contribution in [2.75, 3.05) is 0 Å². The Balaban J connectivity index is 1.82. The number of hydrogen-bond donors (Lipinski definition) is 3. The Kier molecular flexibility index (Phi) is 3.48. The first kappa shape index (κ1) is 17.8. The van der Waals surface area contributed by atoms with Crippen LogP contribution in [0.1, 0.15) is 41.9 Å². The fraction of sp³-hybridized carbons (Fsp3) is 0.286. The normalized spacial score (nSPS) is 22.2. The van der Waals surface area contributed by atoms with Gasteiger partial charge in [0.15, 0.2) is 5.60 Å². The van der Waals surface area contributed by atoms with Gasteiger partial charge in [0.25, 0.3) is 5.56 Å². The largest absolute Gasteiger partial charge is 0.507 e. The van der Waals surface area contributed by atoms with Gasteiger partial charge in [0.2, 0.25) is 6.29 Å². The van der Waals surface area contributed by atoms with Crippen molar-refractivity contribution in [1.29, 1.82) is 0 Å². The zero-order valence-corrected chi connectivity index (χ0v) is 15.8. The third kappa shape index (κ3) is 2.18. The Labute approximate surface area is 164 Å². The zero-order chi connectivity index (χ0) is 20.7. The van der Waals surface area contributed by atoms with Gasteiger partial charge in [-0.1, -0.05) is 13.0 Å². The fourth-order valence-electron chi connectivity index (χ4n) is 4.19. The Morgan fingerprint density at radius 3 is 2.79 bits per heavy atom. The molecule has 0 aliphatic carbocycles. The second kappa shape index (κ2) is 5.65. The number of hydrogen-bond acceptors (Lipinski definition) is 7. The molecular formula is C21H18N2O6. The van der Waals surface area contributed by atoms with Crippen molar-refractivity contribution in [2.45, 2.75) is 38.7 Å². The summed E-state index contributed by atoms with van der Waals surface area (Å²) in [5.41, 5.74) is 0.316. The molecular weight excluding hydrogens is 376 g/mol. The molecule has 148 valence electrons. The van der Waals surface area contributed by atoms with Gasteiger partial charge < -0.3 is 24.6 Å². The summed E-state index contributed by atoms with van der Waals surface area (Å²) < 4.78 is 6.26. The number of aryl methyl sites for hydroxylation is 1. The van der Waals surface area contributed by atoms with Gasteiger partial charge in [-0.05, 0) is 37.1 Å². The Morgan fingerprint density at radius 1 is 1.31 bits per heavy atom. The number of aromatic nitrogens is 2. The molecule has 0 spiro atoms. The second-order valence-corrected chi connectivity index (χ2v) is 7.51. The first-order valence-corrected chi connectivity index (χ1v) is 9.28. The summed E-state index contributed by atoms with van der Waals surface area (Å²) in [6.07, 6.45) is -1.75. The van der Waals surface area contributed by atoms with Gasteiger partial charge in [-0.25, -0.2) is 9.78 Å². The van der Waals surface area contributed by atoms with Crippen LogP contribution in [-0.2, 0) is 21.7 Å². The number of cyclic esters (lactones) is 1. The predicted molar refractivity (Wildman–Crippen MR) is 102 cm³/mol. The second-order valence-electron chi connectivity index (χ2n) is 7.51. The van der Waals surface area contributed by atoms with E-state index in [0.717, 1.165) is 5.56 Å². The van der Waals surface area contributed by atoms with Gasteiger partial charge in [-0.3, -0.25) is 4.79 Å². The molecule has 3 N–H and O–H groups in total. The molecule has 5 rings (SSSR count). The maximum Gasteiger partial charge on any atom is 0.345 e. The third-order valence-electron chi connectivity index (χ3n) is 5.92. The highest BCUT2D eigenvalue weighted by atomic mass is 16.6. The molecule has 2 aliphatic heterocycles. The molecule has 0 saturated heterocycles. The quantitative estimate of drug-likeness (QED) is 0.419. The van der Waals surface area contributed by atoms with Gasteiger partial charge in [0.1, 0.15) is 5.75 Å². The average Bonchev–Trinajstić information content (AvgIpc) is 3.06. The number of fused-ring (bicyclic) bond motifs is 5. The number of ether oxygens (including phenoxy) is 1. The lowest BCUT2D eigenvalue weighted by Crippen LogP contribution is -2.46. The van der Waals surface area contributed by atoms with E-state index in [1.54, 1.807) is 32.0 Å². The molecule has 0 radical (unpaired) electrons. The molecule has 2 aliphatic rings. The molecule has 2 atom stereocenters. The first-order chi connectivity index (χ1) is 13.8. The van der Waals surface area contributed by atoms with Crippen molar-refractivity contribution in [3.8, 4) is 17.1 Å². The number of aromatic hydroxyl groups is 1. The number of pyridine rings is 2. The molecule has 1 unspecified atom stereocenters. The summed E-state index contributed by atoms with van der Waals surface area (Å²) in [7, 11) is 0. The van der Waals surface area contributed by atoms with Crippen LogP contribution in [0.3, 0.4) is 0 Å². The zero-order valence-electron chi connectivity index (χ0n) is 15.8. The molecule has 2 aromatic heterocycles. The van der Waals surface area contributed by atoms with Crippen LogP contribution < -0.4 is 5.56 Å². The third-order valence-corrected chi connectivity index (χ3v) is 5.92. The molecule has 29 heavy (non-hydrogen) atoms. The van der Waals surface area contributed by atoms with Crippen molar-refractivity contribution >= 4 is 16.9 Å². The van der Waals surface area contributed by atoms with E-state index in [2.05, 4.69) is 4.98 Å². The lowest BCUT2D eigenvalue weighted by atomic mass is 9.85. The molecule has 8 nitrogen and oxygen atoms in total. The number of nitrogens with zero attached hydrogens (tertiary/aromatic N) is 2. The minimum Gasteiger partial charge on any atom is -0.507 e. The molecule has 4 heterocycles. The lowest BCUT2D eigenvalue weighted by Gasteiger charge is -2.34. The minimum atomic E-state index is -2.02. The van der Waals surface area contributed by atoms with Gasteiger partial charge in [0, 0.05) is 16.5 Å². The maximum atomic E-state index is 13.1. The van der Waals surface area contributed by atoms with Crippen molar-refractivity contribution in [3.63, 3.8) is 0 Å². The molecule has 0 fully saturated rings. The smallest absolute Gasteiger partial charge is 0.345 e. The molecule has 0 saturated carbocycles. The lowest BCUT2D eigenvalue weighted by molar-refractivity contribution is -0.199. The number of carbonyl (C=O) groups is 1. The van der Waals surface area contributed by atoms with E-state index in [0.29, 0.717) is 27.9 Å². The summed E-state index contributed by atoms with van der Waals surface area (Å²) in [5.74, 6) is -0.857. The van der Waals surface area contributed by atoms with E-state index in [9.17, 15) is 24.9 Å². The number of aliphatic hydroxyl groups is 2. The predicted octanol–water partition coefficient (Wildman–Crippen LogP) is 1.58. The van der Waals surface area contributed by atoms with Crippen LogP contribution in [0.5, 0.6) is 5.75 Å².